The van der Waals surface area contributed by atoms with E-state index in [1.165, 1.54) is 51.0 Å². The van der Waals surface area contributed by atoms with Gasteiger partial charge in [0, 0.05) is 43.8 Å². The van der Waals surface area contributed by atoms with Crippen molar-refractivity contribution in [3.05, 3.63) is 72.9 Å². The number of halogens is 27. The van der Waals surface area contributed by atoms with Crippen molar-refractivity contribution in [2.75, 3.05) is 52.9 Å². The van der Waals surface area contributed by atoms with E-state index in [0.29, 0.717) is 38.0 Å². The zero-order chi connectivity index (χ0) is 86.8. The van der Waals surface area contributed by atoms with Crippen LogP contribution >= 0.6 is 0 Å². The molecule has 12 aliphatic carbocycles. The first-order valence-corrected chi connectivity index (χ1v) is 39.2. The molecule has 20 unspecified atom stereocenters. The van der Waals surface area contributed by atoms with Crippen LogP contribution in [0.15, 0.2) is 72.9 Å². The number of carbonyl (C=O) groups is 2. The van der Waals surface area contributed by atoms with Gasteiger partial charge >= 0.3 is 54.7 Å². The molecule has 37 heteroatoms. The summed E-state index contributed by atoms with van der Waals surface area (Å²) in [5.41, 5.74) is -8.26. The van der Waals surface area contributed by atoms with E-state index < -0.39 is 185 Å². The fourth-order valence-corrected chi connectivity index (χ4v) is 18.0. The van der Waals surface area contributed by atoms with Gasteiger partial charge in [0.05, 0.1) is 70.7 Å². The molecule has 6 fully saturated rings. The molecule has 0 radical (unpaired) electrons. The SMILES string of the molecule is CC(O)(COCC(COCC(O)(C(F)(F)F)C(F)(F)F)CC1CC2C=CC1C2)C(F)(F)F.CCCCC1CC2C=CC1C2.FC(F)(CC(F)(F)C(F)(F)F)C1CC2C=CC1C2.O=C(OCCC(F)(F)CC(F)(F)C(F)(F)F)C1CC2C=CC1C2.O=C(OCCC(F)(F)CC(F)F)C1CC2C=CC1C2.OCC(CO)CC1CC2C=CC1C2. The number of aliphatic hydroxyl groups excluding tert-OH is 2. The quantitative estimate of drug-likeness (QED) is 0.0291. The molecule has 0 amide bonds. The van der Waals surface area contributed by atoms with Gasteiger partial charge in [0.1, 0.15) is 0 Å². The van der Waals surface area contributed by atoms with E-state index in [2.05, 4.69) is 46.8 Å². The Morgan fingerprint density at radius 1 is 0.414 bits per heavy atom. The average molecular weight is 1730 g/mol. The van der Waals surface area contributed by atoms with Crippen molar-refractivity contribution >= 4 is 11.9 Å². The third kappa shape index (κ3) is 27.1. The van der Waals surface area contributed by atoms with Gasteiger partial charge in [-0.2, -0.15) is 83.4 Å². The Hall–Kier alpha value is -4.75. The van der Waals surface area contributed by atoms with Crippen LogP contribution in [0.4, 0.5) is 119 Å². The number of ether oxygens (including phenoxy) is 4. The lowest BCUT2D eigenvalue weighted by atomic mass is 9.85. The van der Waals surface area contributed by atoms with E-state index >= 15 is 0 Å². The van der Waals surface area contributed by atoms with Gasteiger partial charge < -0.3 is 39.4 Å². The molecule has 4 N–H and O–H groups in total. The second kappa shape index (κ2) is 39.6. The van der Waals surface area contributed by atoms with Crippen LogP contribution < -0.4 is 0 Å². The Morgan fingerprint density at radius 3 is 1.10 bits per heavy atom. The van der Waals surface area contributed by atoms with Crippen LogP contribution in [0.5, 0.6) is 0 Å². The Kier molecular flexibility index (Phi) is 33.6. The van der Waals surface area contributed by atoms with Gasteiger partial charge in [-0.25, -0.2) is 35.1 Å². The van der Waals surface area contributed by atoms with Crippen molar-refractivity contribution in [3.8, 4) is 0 Å². The number of rotatable bonds is 32. The summed E-state index contributed by atoms with van der Waals surface area (Å²) in [7, 11) is 0. The van der Waals surface area contributed by atoms with Gasteiger partial charge in [0.2, 0.25) is 6.43 Å². The van der Waals surface area contributed by atoms with Gasteiger partial charge in [-0.05, 0) is 192 Å². The molecule has 0 aromatic rings. The molecule has 0 spiro atoms. The third-order valence-electron chi connectivity index (χ3n) is 24.5. The summed E-state index contributed by atoms with van der Waals surface area (Å²) in [6.45, 7) is -2.84. The number of unbranched alkanes of at least 4 members (excludes halogenated alkanes) is 1. The van der Waals surface area contributed by atoms with Crippen molar-refractivity contribution in [3.63, 3.8) is 0 Å². The molecule has 12 bridgehead atoms. The first-order valence-electron chi connectivity index (χ1n) is 39.2. The van der Waals surface area contributed by atoms with Gasteiger partial charge in [-0.3, -0.25) is 9.59 Å². The molecule has 0 aromatic heterocycles. The number of aliphatic hydroxyl groups is 4. The topological polar surface area (TPSA) is 152 Å². The second-order valence-corrected chi connectivity index (χ2v) is 33.8. The van der Waals surface area contributed by atoms with Gasteiger partial charge in [0.25, 0.3) is 23.4 Å². The predicted molar refractivity (Wildman–Crippen MR) is 366 cm³/mol. The Bertz CT molecular complexity index is 3270. The molecular formula is C79H103F27O10. The Balaban J connectivity index is 0.000000198. The van der Waals surface area contributed by atoms with E-state index in [0.717, 1.165) is 67.6 Å². The lowest BCUT2D eigenvalue weighted by Gasteiger charge is -2.33. The van der Waals surface area contributed by atoms with Crippen LogP contribution in [0.3, 0.4) is 0 Å². The minimum absolute atomic E-state index is 0.0115. The van der Waals surface area contributed by atoms with Gasteiger partial charge in [0.15, 0.2) is 5.60 Å². The van der Waals surface area contributed by atoms with E-state index in [4.69, 9.17) is 24.8 Å². The van der Waals surface area contributed by atoms with Crippen LogP contribution in [0.1, 0.15) is 155 Å². The number of fused-ring (bicyclic) bond motifs is 12. The maximum Gasteiger partial charge on any atom is 0.453 e. The highest BCUT2D eigenvalue weighted by molar-refractivity contribution is 5.74. The van der Waals surface area contributed by atoms with E-state index in [1.807, 2.05) is 30.4 Å². The molecule has 0 aromatic carbocycles. The monoisotopic (exact) mass is 1720 g/mol. The summed E-state index contributed by atoms with van der Waals surface area (Å²) >= 11 is 0. The van der Waals surface area contributed by atoms with Crippen molar-refractivity contribution in [1.82, 2.24) is 0 Å². The number of hydrogen-bond acceptors (Lipinski definition) is 10. The molecule has 6 saturated carbocycles. The average Bonchev–Trinajstić information content (AvgIpc) is 1.71. The van der Waals surface area contributed by atoms with Crippen LogP contribution in [-0.2, 0) is 28.5 Å². The lowest BCUT2D eigenvalue weighted by molar-refractivity contribution is -0.378. The molecule has 10 nitrogen and oxygen atoms in total. The summed E-state index contributed by atoms with van der Waals surface area (Å²) in [5.74, 6) is -20.8. The number of esters is 2. The number of carbonyl (C=O) groups excluding carboxylic acids is 2. The molecule has 116 heavy (non-hydrogen) atoms. The second-order valence-electron chi connectivity index (χ2n) is 33.8. The highest BCUT2D eigenvalue weighted by atomic mass is 19.4. The molecule has 0 saturated heterocycles. The van der Waals surface area contributed by atoms with Gasteiger partial charge in [-0.15, -0.1) is 0 Å². The van der Waals surface area contributed by atoms with Crippen LogP contribution in [0.2, 0.25) is 0 Å². The van der Waals surface area contributed by atoms with Crippen molar-refractivity contribution in [2.45, 2.75) is 233 Å². The highest BCUT2D eigenvalue weighted by Crippen LogP contribution is 2.56. The fraction of sp³-hybridized carbons (Fsp3) is 0.823. The van der Waals surface area contributed by atoms with E-state index in [9.17, 15) is 133 Å². The zero-order valence-corrected chi connectivity index (χ0v) is 63.7. The fourth-order valence-electron chi connectivity index (χ4n) is 18.0. The summed E-state index contributed by atoms with van der Waals surface area (Å²) in [5, 5.41) is 36.5. The Morgan fingerprint density at radius 2 is 0.776 bits per heavy atom. The predicted octanol–water partition coefficient (Wildman–Crippen LogP) is 21.2. The summed E-state index contributed by atoms with van der Waals surface area (Å²) in [6.07, 6.45) is -0.289. The maximum absolute atomic E-state index is 13.6. The first kappa shape index (κ1) is 98.4. The Labute approximate surface area is 654 Å². The number of alkyl halides is 27. The maximum atomic E-state index is 13.6. The molecule has 0 heterocycles. The number of allylic oxidation sites excluding steroid dienone is 12. The van der Waals surface area contributed by atoms with Crippen LogP contribution in [0.25, 0.3) is 0 Å². The van der Waals surface area contributed by atoms with E-state index in [-0.39, 0.29) is 73.4 Å². The molecule has 12 aliphatic rings. The molecule has 20 atom stereocenters. The largest absolute Gasteiger partial charge is 0.465 e. The van der Waals surface area contributed by atoms with Crippen LogP contribution in [-0.4, -0.2) is 163 Å². The molecule has 668 valence electrons. The van der Waals surface area contributed by atoms with Crippen LogP contribution in [0, 0.1) is 118 Å². The van der Waals surface area contributed by atoms with E-state index in [1.54, 1.807) is 6.08 Å². The summed E-state index contributed by atoms with van der Waals surface area (Å²) in [4.78, 5) is 23.4. The summed E-state index contributed by atoms with van der Waals surface area (Å²) in [6, 6.07) is 0. The smallest absolute Gasteiger partial charge is 0.453 e. The minimum Gasteiger partial charge on any atom is -0.465 e. The minimum atomic E-state index is -6.04. The molecule has 12 rings (SSSR count). The molecular weight excluding hydrogens is 1620 g/mol. The van der Waals surface area contributed by atoms with Crippen molar-refractivity contribution < 1.29 is 168 Å². The van der Waals surface area contributed by atoms with Crippen molar-refractivity contribution in [2.24, 2.45) is 118 Å². The van der Waals surface area contributed by atoms with Gasteiger partial charge in [-0.1, -0.05) is 92.7 Å². The van der Waals surface area contributed by atoms with Crippen molar-refractivity contribution in [1.29, 1.82) is 0 Å². The number of hydrogen-bond donors (Lipinski definition) is 4. The normalized spacial score (nSPS) is 30.6. The molecule has 0 aliphatic heterocycles. The highest BCUT2D eigenvalue weighted by Gasteiger charge is 2.71. The zero-order valence-electron chi connectivity index (χ0n) is 63.7. The summed E-state index contributed by atoms with van der Waals surface area (Å²) < 4.78 is 360. The lowest BCUT2D eigenvalue weighted by Crippen LogP contribution is -2.60. The standard InChI is InChI=1S/C19H25F9O4.C14H15F7O2.C13H16F4O2.C11H11F7.C11H18O2.C11H18/c1-15(29,17(20,21)22)9-31-7-12(6-14-5-11-2-3-13(14)4-11)8-32-10-16(30,18(23,24)25)19(26,27)28;15-12(16,7-13(17,18)14(19,20)21)3-4-23-11(22)10-6-8-1-2-9(10)5-8;14-11(15)7-13(16,17)3-4-19-12(18)10-6-8-1-2-9(10)5-8;12-9(13,5-10(14,15)11(16,17)18)8-4-6-1-2-7(8)3-6;12-6-9(7-13)5-11-4-8-1-2-10(11)3-8;1-2-3-4-10-7-9-5-6-11(10)8-9/h2-3,11-14,29-30H,4-10H2,1H3;1-2,8-10H,3-7H2;1-2,8-11H,3-7H2;1-2,6-8H,3-5H2;1-2,8-13H,3-7H2;5-6,9-11H,2-4,7-8H2,1H3. The first-order chi connectivity index (χ1) is 53.4. The third-order valence-corrected chi connectivity index (χ3v) is 24.5.